The van der Waals surface area contributed by atoms with Crippen LogP contribution >= 0.6 is 0 Å². The van der Waals surface area contributed by atoms with Gasteiger partial charge in [-0.25, -0.2) is 0 Å². The maximum atomic E-state index is 10.4. The van der Waals surface area contributed by atoms with E-state index in [0.717, 1.165) is 0 Å². The molecule has 1 atom stereocenters. The summed E-state index contributed by atoms with van der Waals surface area (Å²) in [6.07, 6.45) is -1.92. The van der Waals surface area contributed by atoms with E-state index in [1.807, 2.05) is 0 Å². The summed E-state index contributed by atoms with van der Waals surface area (Å²) in [5, 5.41) is 25.2. The summed E-state index contributed by atoms with van der Waals surface area (Å²) in [6, 6.07) is 0. The summed E-state index contributed by atoms with van der Waals surface area (Å²) in [5.41, 5.74) is 0. The molecule has 5 nitrogen and oxygen atoms in total. The molecule has 0 bridgehead atoms. The van der Waals surface area contributed by atoms with E-state index in [-0.39, 0.29) is 0 Å². The Balaban J connectivity index is 3.77. The highest BCUT2D eigenvalue weighted by Gasteiger charge is 2.16. The molecule has 0 spiro atoms. The Hall–Kier alpha value is -0.780. The van der Waals surface area contributed by atoms with Crippen LogP contribution in [-0.4, -0.2) is 46.2 Å². The van der Waals surface area contributed by atoms with E-state index >= 15 is 0 Å². The topological polar surface area (TPSA) is 94.8 Å². The monoisotopic (exact) mass is 162 g/mol. The molecule has 0 aliphatic rings. The molecule has 0 aliphatic carbocycles. The van der Waals surface area contributed by atoms with Crippen molar-refractivity contribution in [2.24, 2.45) is 0 Å². The van der Waals surface area contributed by atoms with Crippen molar-refractivity contribution in [2.75, 3.05) is 13.2 Å². The second kappa shape index (κ2) is 4.95. The van der Waals surface area contributed by atoms with E-state index in [9.17, 15) is 9.59 Å². The molecule has 0 rings (SSSR count). The van der Waals surface area contributed by atoms with Crippen molar-refractivity contribution < 1.29 is 24.9 Å². The van der Waals surface area contributed by atoms with Crippen molar-refractivity contribution in [3.63, 3.8) is 0 Å². The van der Waals surface area contributed by atoms with Crippen molar-refractivity contribution >= 4 is 11.6 Å². The smallest absolute Gasteiger partial charge is 0.186 e. The summed E-state index contributed by atoms with van der Waals surface area (Å²) in [5.74, 6) is -1.44. The number of ketones is 2. The predicted molar refractivity (Wildman–Crippen MR) is 34.8 cm³/mol. The van der Waals surface area contributed by atoms with Crippen LogP contribution in [0.15, 0.2) is 0 Å². The average molecular weight is 162 g/mol. The minimum atomic E-state index is -1.49. The second-order valence-electron chi connectivity index (χ2n) is 2.04. The quantitative estimate of drug-likeness (QED) is 0.429. The zero-order chi connectivity index (χ0) is 8.85. The highest BCUT2D eigenvalue weighted by Crippen LogP contribution is 1.93. The molecule has 0 heterocycles. The fraction of sp³-hybridized carbons (Fsp3) is 0.667. The zero-order valence-electron chi connectivity index (χ0n) is 5.86. The number of rotatable bonds is 5. The highest BCUT2D eigenvalue weighted by atomic mass is 16.3. The van der Waals surface area contributed by atoms with Gasteiger partial charge in [-0.2, -0.15) is 0 Å². The lowest BCUT2D eigenvalue weighted by atomic mass is 10.1. The molecule has 0 aromatic carbocycles. The van der Waals surface area contributed by atoms with Crippen LogP contribution in [0.1, 0.15) is 6.42 Å². The highest BCUT2D eigenvalue weighted by molar-refractivity contribution is 5.90. The van der Waals surface area contributed by atoms with Gasteiger partial charge in [-0.3, -0.25) is 9.59 Å². The molecule has 0 fully saturated rings. The largest absolute Gasteiger partial charge is 0.389 e. The molecule has 0 aliphatic heterocycles. The summed E-state index contributed by atoms with van der Waals surface area (Å²) >= 11 is 0. The molecule has 1 unspecified atom stereocenters. The Morgan fingerprint density at radius 1 is 1.18 bits per heavy atom. The molecule has 0 saturated carbocycles. The van der Waals surface area contributed by atoms with Gasteiger partial charge >= 0.3 is 0 Å². The van der Waals surface area contributed by atoms with E-state index in [4.69, 9.17) is 15.3 Å². The fourth-order valence-corrected chi connectivity index (χ4v) is 0.499. The van der Waals surface area contributed by atoms with Gasteiger partial charge in [0.05, 0.1) is 0 Å². The third-order valence-corrected chi connectivity index (χ3v) is 1.12. The van der Waals surface area contributed by atoms with Crippen LogP contribution in [0.25, 0.3) is 0 Å². The minimum Gasteiger partial charge on any atom is -0.389 e. The number of hydrogen-bond donors (Lipinski definition) is 3. The Kier molecular flexibility index (Phi) is 4.60. The van der Waals surface area contributed by atoms with Gasteiger partial charge in [-0.15, -0.1) is 0 Å². The first-order valence-electron chi connectivity index (χ1n) is 3.06. The SMILES string of the molecule is O=C(CO)CC(O)C(=O)CO. The summed E-state index contributed by atoms with van der Waals surface area (Å²) < 4.78 is 0. The van der Waals surface area contributed by atoms with Crippen LogP contribution < -0.4 is 0 Å². The second-order valence-corrected chi connectivity index (χ2v) is 2.04. The van der Waals surface area contributed by atoms with E-state index in [1.165, 1.54) is 0 Å². The Labute approximate surface area is 63.3 Å². The third kappa shape index (κ3) is 3.82. The van der Waals surface area contributed by atoms with Crippen LogP contribution in [-0.2, 0) is 9.59 Å². The molecule has 0 amide bonds. The Bertz CT molecular complexity index is 153. The standard InChI is InChI=1S/C6H10O5/c7-2-4(9)1-5(10)6(11)3-8/h5,7-8,10H,1-3H2. The molecule has 0 saturated heterocycles. The number of aliphatic hydroxyl groups is 3. The van der Waals surface area contributed by atoms with Gasteiger partial charge in [0.2, 0.25) is 0 Å². The summed E-state index contributed by atoms with van der Waals surface area (Å²) in [4.78, 5) is 20.8. The Morgan fingerprint density at radius 2 is 1.73 bits per heavy atom. The van der Waals surface area contributed by atoms with Gasteiger partial charge in [-0.1, -0.05) is 0 Å². The lowest BCUT2D eigenvalue weighted by Crippen LogP contribution is -2.27. The number of aliphatic hydroxyl groups excluding tert-OH is 3. The average Bonchev–Trinajstić information content (AvgIpc) is 2.02. The van der Waals surface area contributed by atoms with Gasteiger partial charge in [0.1, 0.15) is 19.3 Å². The van der Waals surface area contributed by atoms with Crippen molar-refractivity contribution in [2.45, 2.75) is 12.5 Å². The third-order valence-electron chi connectivity index (χ3n) is 1.12. The first kappa shape index (κ1) is 10.2. The molecule has 0 radical (unpaired) electrons. The molecular weight excluding hydrogens is 152 g/mol. The van der Waals surface area contributed by atoms with Gasteiger partial charge in [0.15, 0.2) is 11.6 Å². The number of carbonyl (C=O) groups is 2. The fourth-order valence-electron chi connectivity index (χ4n) is 0.499. The van der Waals surface area contributed by atoms with Crippen molar-refractivity contribution in [1.82, 2.24) is 0 Å². The van der Waals surface area contributed by atoms with E-state index in [0.29, 0.717) is 0 Å². The Morgan fingerprint density at radius 3 is 2.09 bits per heavy atom. The lowest BCUT2D eigenvalue weighted by Gasteiger charge is -2.04. The molecule has 5 heteroatoms. The number of carbonyl (C=O) groups excluding carboxylic acids is 2. The maximum Gasteiger partial charge on any atom is 0.186 e. The van der Waals surface area contributed by atoms with Crippen LogP contribution in [0, 0.1) is 0 Å². The van der Waals surface area contributed by atoms with Crippen molar-refractivity contribution in [3.05, 3.63) is 0 Å². The van der Waals surface area contributed by atoms with Crippen molar-refractivity contribution in [1.29, 1.82) is 0 Å². The zero-order valence-corrected chi connectivity index (χ0v) is 5.86. The van der Waals surface area contributed by atoms with E-state index in [1.54, 1.807) is 0 Å². The normalized spacial score (nSPS) is 12.6. The van der Waals surface area contributed by atoms with Crippen molar-refractivity contribution in [3.8, 4) is 0 Å². The van der Waals surface area contributed by atoms with Gasteiger partial charge < -0.3 is 15.3 Å². The summed E-state index contributed by atoms with van der Waals surface area (Å²) in [7, 11) is 0. The minimum absolute atomic E-state index is 0.435. The molecule has 64 valence electrons. The molecule has 11 heavy (non-hydrogen) atoms. The van der Waals surface area contributed by atoms with E-state index < -0.39 is 37.3 Å². The first-order chi connectivity index (χ1) is 5.11. The molecule has 0 aromatic rings. The van der Waals surface area contributed by atoms with Crippen LogP contribution in [0.2, 0.25) is 0 Å². The van der Waals surface area contributed by atoms with E-state index in [2.05, 4.69) is 0 Å². The van der Waals surface area contributed by atoms with Crippen LogP contribution in [0.5, 0.6) is 0 Å². The predicted octanol–water partition coefficient (Wildman–Crippen LogP) is -2.14. The number of hydrogen-bond acceptors (Lipinski definition) is 5. The van der Waals surface area contributed by atoms with Gasteiger partial charge in [-0.05, 0) is 0 Å². The van der Waals surface area contributed by atoms with Crippen LogP contribution in [0.4, 0.5) is 0 Å². The van der Waals surface area contributed by atoms with Gasteiger partial charge in [0.25, 0.3) is 0 Å². The lowest BCUT2D eigenvalue weighted by molar-refractivity contribution is -0.135. The summed E-state index contributed by atoms with van der Waals surface area (Å²) in [6.45, 7) is -1.49. The maximum absolute atomic E-state index is 10.4. The first-order valence-corrected chi connectivity index (χ1v) is 3.06. The number of Topliss-reactive ketones (excluding diaryl/α,β-unsaturated/α-hetero) is 2. The molecule has 0 aromatic heterocycles. The van der Waals surface area contributed by atoms with Gasteiger partial charge in [0, 0.05) is 6.42 Å². The van der Waals surface area contributed by atoms with Crippen LogP contribution in [0.3, 0.4) is 0 Å². The molecule has 3 N–H and O–H groups in total. The molecular formula is C6H10O5.